The number of rotatable bonds is 7. The molecule has 0 aliphatic heterocycles. The lowest BCUT2D eigenvalue weighted by Gasteiger charge is -2.10. The van der Waals surface area contributed by atoms with Crippen molar-refractivity contribution in [3.63, 3.8) is 0 Å². The molecule has 2 aromatic rings. The highest BCUT2D eigenvalue weighted by Crippen LogP contribution is 2.27. The minimum atomic E-state index is -3.54. The van der Waals surface area contributed by atoms with Crippen molar-refractivity contribution in [2.75, 3.05) is 17.2 Å². The van der Waals surface area contributed by atoms with Crippen LogP contribution in [0.25, 0.3) is 0 Å². The van der Waals surface area contributed by atoms with Crippen LogP contribution in [0, 0.1) is 6.92 Å². The first-order chi connectivity index (χ1) is 14.2. The molecule has 0 heterocycles. The van der Waals surface area contributed by atoms with Gasteiger partial charge in [0.2, 0.25) is 10.0 Å². The van der Waals surface area contributed by atoms with E-state index in [-0.39, 0.29) is 12.6 Å². The minimum absolute atomic E-state index is 0.287. The van der Waals surface area contributed by atoms with E-state index in [0.717, 1.165) is 11.1 Å². The number of sulfonamides is 1. The van der Waals surface area contributed by atoms with Gasteiger partial charge in [0.25, 0.3) is 0 Å². The summed E-state index contributed by atoms with van der Waals surface area (Å²) in [5.41, 5.74) is 3.05. The van der Waals surface area contributed by atoms with Crippen molar-refractivity contribution < 1.29 is 18.0 Å². The quantitative estimate of drug-likeness (QED) is 0.515. The molecule has 1 aliphatic rings. The molecule has 3 rings (SSSR count). The van der Waals surface area contributed by atoms with Crippen LogP contribution >= 0.6 is 11.6 Å². The lowest BCUT2D eigenvalue weighted by Crippen LogP contribution is -2.41. The van der Waals surface area contributed by atoms with Crippen LogP contribution in [0.1, 0.15) is 24.0 Å². The van der Waals surface area contributed by atoms with E-state index in [9.17, 15) is 18.0 Å². The maximum Gasteiger partial charge on any atom is 0.328 e. The SMILES string of the molecule is Cc1cc(NC(=O)Nc2ccc(CCNC(=O)NS(=O)(=O)C3CC3)cc2)ccc1Cl. The van der Waals surface area contributed by atoms with Crippen molar-refractivity contribution in [3.8, 4) is 0 Å². The van der Waals surface area contributed by atoms with E-state index in [0.29, 0.717) is 35.7 Å². The largest absolute Gasteiger partial charge is 0.337 e. The molecule has 160 valence electrons. The van der Waals surface area contributed by atoms with Crippen LogP contribution in [0.3, 0.4) is 0 Å². The van der Waals surface area contributed by atoms with Crippen LogP contribution in [0.4, 0.5) is 21.0 Å². The monoisotopic (exact) mass is 450 g/mol. The Bertz CT molecular complexity index is 1040. The first-order valence-electron chi connectivity index (χ1n) is 9.45. The summed E-state index contributed by atoms with van der Waals surface area (Å²) in [4.78, 5) is 23.8. The molecule has 4 amide bonds. The van der Waals surface area contributed by atoms with E-state index >= 15 is 0 Å². The van der Waals surface area contributed by atoms with Crippen molar-refractivity contribution >= 4 is 45.1 Å². The standard InChI is InChI=1S/C20H23ClN4O4S/c1-13-12-16(6-9-18(13)21)24-20(27)23-15-4-2-14(3-5-15)10-11-22-19(26)25-30(28,29)17-7-8-17/h2-6,9,12,17H,7-8,10-11H2,1H3,(H2,22,25,26)(H2,23,24,27). The van der Waals surface area contributed by atoms with Gasteiger partial charge in [-0.2, -0.15) is 0 Å². The lowest BCUT2D eigenvalue weighted by atomic mass is 10.1. The van der Waals surface area contributed by atoms with Crippen LogP contribution in [-0.2, 0) is 16.4 Å². The summed E-state index contributed by atoms with van der Waals surface area (Å²) in [5.74, 6) is 0. The first-order valence-corrected chi connectivity index (χ1v) is 11.4. The molecule has 0 bridgehead atoms. The average Bonchev–Trinajstić information content (AvgIpc) is 3.52. The fraction of sp³-hybridized carbons (Fsp3) is 0.300. The summed E-state index contributed by atoms with van der Waals surface area (Å²) < 4.78 is 25.4. The Morgan fingerprint density at radius 3 is 2.27 bits per heavy atom. The van der Waals surface area contributed by atoms with Gasteiger partial charge in [0.15, 0.2) is 0 Å². The predicted molar refractivity (Wildman–Crippen MR) is 117 cm³/mol. The molecule has 0 unspecified atom stereocenters. The number of hydrogen-bond acceptors (Lipinski definition) is 4. The zero-order valence-corrected chi connectivity index (χ0v) is 17.9. The zero-order chi connectivity index (χ0) is 21.7. The summed E-state index contributed by atoms with van der Waals surface area (Å²) in [6.07, 6.45) is 1.72. The zero-order valence-electron chi connectivity index (χ0n) is 16.4. The van der Waals surface area contributed by atoms with Crippen LogP contribution in [0.15, 0.2) is 42.5 Å². The Balaban J connectivity index is 1.42. The van der Waals surface area contributed by atoms with E-state index < -0.39 is 21.3 Å². The summed E-state index contributed by atoms with van der Waals surface area (Å²) in [6, 6.07) is 11.3. The number of hydrogen-bond donors (Lipinski definition) is 4. The Kier molecular flexibility index (Phi) is 6.84. The van der Waals surface area contributed by atoms with Crippen LogP contribution in [0.5, 0.6) is 0 Å². The average molecular weight is 451 g/mol. The highest BCUT2D eigenvalue weighted by atomic mass is 35.5. The number of aryl methyl sites for hydroxylation is 1. The highest BCUT2D eigenvalue weighted by molar-refractivity contribution is 7.90. The van der Waals surface area contributed by atoms with Crippen LogP contribution < -0.4 is 20.7 Å². The molecule has 0 atom stereocenters. The topological polar surface area (TPSA) is 116 Å². The van der Waals surface area contributed by atoms with Crippen molar-refractivity contribution in [3.05, 3.63) is 58.6 Å². The van der Waals surface area contributed by atoms with E-state index in [1.54, 1.807) is 30.3 Å². The Morgan fingerprint density at radius 2 is 1.63 bits per heavy atom. The molecule has 0 saturated heterocycles. The summed E-state index contributed by atoms with van der Waals surface area (Å²) in [5, 5.41) is 8.20. The minimum Gasteiger partial charge on any atom is -0.337 e. The molecular weight excluding hydrogens is 428 g/mol. The molecule has 1 aliphatic carbocycles. The van der Waals surface area contributed by atoms with Gasteiger partial charge in [-0.15, -0.1) is 0 Å². The molecule has 1 saturated carbocycles. The fourth-order valence-electron chi connectivity index (χ4n) is 2.72. The Hall–Kier alpha value is -2.78. The number of amides is 4. The van der Waals surface area contributed by atoms with Crippen molar-refractivity contribution in [1.82, 2.24) is 10.0 Å². The van der Waals surface area contributed by atoms with Gasteiger partial charge >= 0.3 is 12.1 Å². The lowest BCUT2D eigenvalue weighted by molar-refractivity contribution is 0.246. The Morgan fingerprint density at radius 1 is 1.00 bits per heavy atom. The van der Waals surface area contributed by atoms with Gasteiger partial charge in [0.1, 0.15) is 0 Å². The predicted octanol–water partition coefficient (Wildman–Crippen LogP) is 3.63. The third kappa shape index (κ3) is 6.36. The normalized spacial score (nSPS) is 13.4. The number of carbonyl (C=O) groups is 2. The van der Waals surface area contributed by atoms with Gasteiger partial charge in [0, 0.05) is 22.9 Å². The third-order valence-corrected chi connectivity index (χ3v) is 6.77. The van der Waals surface area contributed by atoms with E-state index in [1.807, 2.05) is 23.8 Å². The van der Waals surface area contributed by atoms with E-state index in [4.69, 9.17) is 11.6 Å². The molecule has 0 spiro atoms. The molecule has 1 fully saturated rings. The van der Waals surface area contributed by atoms with E-state index in [2.05, 4.69) is 16.0 Å². The van der Waals surface area contributed by atoms with Gasteiger partial charge in [-0.25, -0.2) is 22.7 Å². The molecular formula is C20H23ClN4O4S. The number of halogens is 1. The van der Waals surface area contributed by atoms with Crippen LogP contribution in [-0.4, -0.2) is 32.3 Å². The molecule has 10 heteroatoms. The first kappa shape index (κ1) is 21.9. The van der Waals surface area contributed by atoms with Crippen molar-refractivity contribution in [1.29, 1.82) is 0 Å². The molecule has 8 nitrogen and oxygen atoms in total. The van der Waals surface area contributed by atoms with E-state index in [1.165, 1.54) is 0 Å². The molecule has 30 heavy (non-hydrogen) atoms. The number of benzene rings is 2. The second-order valence-corrected chi connectivity index (χ2v) is 9.46. The van der Waals surface area contributed by atoms with Gasteiger partial charge in [0.05, 0.1) is 5.25 Å². The smallest absolute Gasteiger partial charge is 0.328 e. The van der Waals surface area contributed by atoms with Crippen LogP contribution in [0.2, 0.25) is 5.02 Å². The molecule has 0 radical (unpaired) electrons. The summed E-state index contributed by atoms with van der Waals surface area (Å²) in [6.45, 7) is 2.14. The number of carbonyl (C=O) groups excluding carboxylic acids is 2. The maximum absolute atomic E-state index is 12.1. The van der Waals surface area contributed by atoms with Gasteiger partial charge in [-0.3, -0.25) is 0 Å². The second-order valence-electron chi connectivity index (χ2n) is 7.09. The fourth-order valence-corrected chi connectivity index (χ4v) is 4.09. The molecule has 0 aromatic heterocycles. The Labute approximate surface area is 180 Å². The number of nitrogens with one attached hydrogen (secondary N) is 4. The van der Waals surface area contributed by atoms with Crippen molar-refractivity contribution in [2.45, 2.75) is 31.4 Å². The maximum atomic E-state index is 12.1. The second kappa shape index (κ2) is 9.36. The summed E-state index contributed by atoms with van der Waals surface area (Å²) in [7, 11) is -3.54. The van der Waals surface area contributed by atoms with Gasteiger partial charge in [-0.05, 0) is 67.6 Å². The molecule has 4 N–H and O–H groups in total. The number of anilines is 2. The van der Waals surface area contributed by atoms with Gasteiger partial charge in [-0.1, -0.05) is 23.7 Å². The number of urea groups is 2. The van der Waals surface area contributed by atoms with Gasteiger partial charge < -0.3 is 16.0 Å². The third-order valence-electron chi connectivity index (χ3n) is 4.53. The van der Waals surface area contributed by atoms with Crippen molar-refractivity contribution in [2.24, 2.45) is 0 Å². The molecule has 2 aromatic carbocycles. The summed E-state index contributed by atoms with van der Waals surface area (Å²) >= 11 is 5.98. The highest BCUT2D eigenvalue weighted by Gasteiger charge is 2.36.